The topological polar surface area (TPSA) is 12.0 Å². The van der Waals surface area contributed by atoms with Gasteiger partial charge in [0.2, 0.25) is 0 Å². The van der Waals surface area contributed by atoms with Crippen molar-refractivity contribution in [2.75, 3.05) is 6.54 Å². The number of nitrogens with one attached hydrogen (secondary N) is 1. The lowest BCUT2D eigenvalue weighted by atomic mass is 9.75. The fourth-order valence-electron chi connectivity index (χ4n) is 3.55. The molecule has 17 heavy (non-hydrogen) atoms. The summed E-state index contributed by atoms with van der Waals surface area (Å²) in [4.78, 5) is 0. The quantitative estimate of drug-likeness (QED) is 0.693. The Kier molecular flexibility index (Phi) is 5.34. The molecule has 0 aromatic carbocycles. The van der Waals surface area contributed by atoms with Crippen LogP contribution in [0.4, 0.5) is 0 Å². The second kappa shape index (κ2) is 6.78. The van der Waals surface area contributed by atoms with Crippen LogP contribution in [0, 0.1) is 17.8 Å². The van der Waals surface area contributed by atoms with Crippen molar-refractivity contribution >= 4 is 0 Å². The molecule has 0 spiro atoms. The molecular formula is C16H31N. The van der Waals surface area contributed by atoms with Gasteiger partial charge in [-0.1, -0.05) is 46.0 Å². The normalized spacial score (nSPS) is 31.4. The molecule has 0 aromatic heterocycles. The third-order valence-corrected chi connectivity index (χ3v) is 4.91. The van der Waals surface area contributed by atoms with E-state index in [-0.39, 0.29) is 0 Å². The van der Waals surface area contributed by atoms with Crippen molar-refractivity contribution in [1.82, 2.24) is 5.32 Å². The van der Waals surface area contributed by atoms with Crippen LogP contribution in [0.25, 0.3) is 0 Å². The van der Waals surface area contributed by atoms with Crippen LogP contribution in [0.5, 0.6) is 0 Å². The molecule has 2 rings (SSSR count). The highest BCUT2D eigenvalue weighted by atomic mass is 14.9. The molecule has 0 radical (unpaired) electrons. The Hall–Kier alpha value is -0.0400. The highest BCUT2D eigenvalue weighted by Gasteiger charge is 2.32. The Balaban J connectivity index is 1.83. The van der Waals surface area contributed by atoms with E-state index in [1.54, 1.807) is 0 Å². The summed E-state index contributed by atoms with van der Waals surface area (Å²) in [6.07, 6.45) is 13.2. The summed E-state index contributed by atoms with van der Waals surface area (Å²) in [5.74, 6) is 3.09. The maximum absolute atomic E-state index is 3.86. The molecule has 3 atom stereocenters. The van der Waals surface area contributed by atoms with E-state index in [1.807, 2.05) is 0 Å². The number of hydrogen-bond donors (Lipinski definition) is 1. The minimum absolute atomic E-state index is 0.844. The average molecular weight is 237 g/mol. The molecule has 0 aromatic rings. The minimum atomic E-state index is 0.844. The van der Waals surface area contributed by atoms with Crippen molar-refractivity contribution in [3.8, 4) is 0 Å². The molecule has 1 N–H and O–H groups in total. The first-order chi connectivity index (χ1) is 8.33. The Bertz CT molecular complexity index is 210. The first kappa shape index (κ1) is 13.4. The standard InChI is InChI=1S/C16H31N/c1-3-10-17-16(12-14-8-9-14)15-7-5-6-13(4-2)11-15/h13-17H,3-12H2,1-2H3. The van der Waals surface area contributed by atoms with Crippen LogP contribution in [-0.2, 0) is 0 Å². The van der Waals surface area contributed by atoms with Gasteiger partial charge in [0.05, 0.1) is 0 Å². The number of rotatable bonds is 7. The van der Waals surface area contributed by atoms with Gasteiger partial charge in [0.15, 0.2) is 0 Å². The lowest BCUT2D eigenvalue weighted by molar-refractivity contribution is 0.198. The second-order valence-corrected chi connectivity index (χ2v) is 6.44. The molecule has 0 bridgehead atoms. The van der Waals surface area contributed by atoms with Crippen molar-refractivity contribution in [2.24, 2.45) is 17.8 Å². The first-order valence-electron chi connectivity index (χ1n) is 8.06. The van der Waals surface area contributed by atoms with E-state index >= 15 is 0 Å². The van der Waals surface area contributed by atoms with E-state index in [0.717, 1.165) is 23.8 Å². The van der Waals surface area contributed by atoms with E-state index in [1.165, 1.54) is 64.3 Å². The molecule has 0 heterocycles. The van der Waals surface area contributed by atoms with Gasteiger partial charge < -0.3 is 5.32 Å². The van der Waals surface area contributed by atoms with E-state index in [2.05, 4.69) is 19.2 Å². The minimum Gasteiger partial charge on any atom is -0.314 e. The molecule has 1 heteroatoms. The summed E-state index contributed by atoms with van der Waals surface area (Å²) >= 11 is 0. The first-order valence-corrected chi connectivity index (χ1v) is 8.06. The van der Waals surface area contributed by atoms with E-state index < -0.39 is 0 Å². The second-order valence-electron chi connectivity index (χ2n) is 6.44. The smallest absolute Gasteiger partial charge is 0.00980 e. The highest BCUT2D eigenvalue weighted by Crippen LogP contribution is 2.39. The van der Waals surface area contributed by atoms with Crippen molar-refractivity contribution in [3.63, 3.8) is 0 Å². The molecule has 2 saturated carbocycles. The monoisotopic (exact) mass is 237 g/mol. The van der Waals surface area contributed by atoms with Crippen LogP contribution in [0.2, 0.25) is 0 Å². The summed E-state index contributed by atoms with van der Waals surface area (Å²) in [6.45, 7) is 5.89. The number of hydrogen-bond acceptors (Lipinski definition) is 1. The Morgan fingerprint density at radius 2 is 1.88 bits per heavy atom. The Morgan fingerprint density at radius 3 is 2.53 bits per heavy atom. The summed E-state index contributed by atoms with van der Waals surface area (Å²) in [6, 6.07) is 0.844. The molecule has 1 nitrogen and oxygen atoms in total. The predicted octanol–water partition coefficient (Wildman–Crippen LogP) is 4.37. The van der Waals surface area contributed by atoms with E-state index in [9.17, 15) is 0 Å². The molecule has 2 fully saturated rings. The SMILES string of the molecule is CCCNC(CC1CC1)C1CCCC(CC)C1. The molecule has 0 aliphatic heterocycles. The van der Waals surface area contributed by atoms with Crippen LogP contribution >= 0.6 is 0 Å². The van der Waals surface area contributed by atoms with Gasteiger partial charge in [-0.3, -0.25) is 0 Å². The van der Waals surface area contributed by atoms with Crippen molar-refractivity contribution in [1.29, 1.82) is 0 Å². The third-order valence-electron chi connectivity index (χ3n) is 4.91. The summed E-state index contributed by atoms with van der Waals surface area (Å²) < 4.78 is 0. The predicted molar refractivity (Wildman–Crippen MR) is 75.2 cm³/mol. The van der Waals surface area contributed by atoms with E-state index in [0.29, 0.717) is 0 Å². The highest BCUT2D eigenvalue weighted by molar-refractivity contribution is 4.87. The van der Waals surface area contributed by atoms with Gasteiger partial charge in [0.25, 0.3) is 0 Å². The van der Waals surface area contributed by atoms with Crippen LogP contribution in [-0.4, -0.2) is 12.6 Å². The molecule has 0 amide bonds. The maximum Gasteiger partial charge on any atom is 0.00980 e. The van der Waals surface area contributed by atoms with Crippen LogP contribution in [0.3, 0.4) is 0 Å². The van der Waals surface area contributed by atoms with Crippen molar-refractivity contribution < 1.29 is 0 Å². The summed E-state index contributed by atoms with van der Waals surface area (Å²) in [5, 5.41) is 3.86. The van der Waals surface area contributed by atoms with Gasteiger partial charge in [-0.2, -0.15) is 0 Å². The molecule has 2 aliphatic carbocycles. The van der Waals surface area contributed by atoms with Gasteiger partial charge in [-0.05, 0) is 50.0 Å². The van der Waals surface area contributed by atoms with Crippen molar-refractivity contribution in [2.45, 2.75) is 77.7 Å². The third kappa shape index (κ3) is 4.28. The van der Waals surface area contributed by atoms with Gasteiger partial charge in [-0.25, -0.2) is 0 Å². The summed E-state index contributed by atoms with van der Waals surface area (Å²) in [5.41, 5.74) is 0. The van der Waals surface area contributed by atoms with E-state index in [4.69, 9.17) is 0 Å². The fraction of sp³-hybridized carbons (Fsp3) is 1.00. The van der Waals surface area contributed by atoms with Gasteiger partial charge in [-0.15, -0.1) is 0 Å². The maximum atomic E-state index is 3.86. The molecule has 3 unspecified atom stereocenters. The zero-order valence-corrected chi connectivity index (χ0v) is 11.9. The molecule has 100 valence electrons. The van der Waals surface area contributed by atoms with Crippen LogP contribution in [0.15, 0.2) is 0 Å². The van der Waals surface area contributed by atoms with Crippen molar-refractivity contribution in [3.05, 3.63) is 0 Å². The lowest BCUT2D eigenvalue weighted by Crippen LogP contribution is -2.39. The zero-order valence-electron chi connectivity index (χ0n) is 11.9. The summed E-state index contributed by atoms with van der Waals surface area (Å²) in [7, 11) is 0. The molecular weight excluding hydrogens is 206 g/mol. The Morgan fingerprint density at radius 1 is 1.06 bits per heavy atom. The molecule has 2 aliphatic rings. The van der Waals surface area contributed by atoms with Gasteiger partial charge in [0.1, 0.15) is 0 Å². The lowest BCUT2D eigenvalue weighted by Gasteiger charge is -2.35. The van der Waals surface area contributed by atoms with Gasteiger partial charge in [0, 0.05) is 6.04 Å². The van der Waals surface area contributed by atoms with Gasteiger partial charge >= 0.3 is 0 Å². The molecule has 0 saturated heterocycles. The largest absolute Gasteiger partial charge is 0.314 e. The fourth-order valence-corrected chi connectivity index (χ4v) is 3.55. The van der Waals surface area contributed by atoms with Crippen LogP contribution in [0.1, 0.15) is 71.6 Å². The zero-order chi connectivity index (χ0) is 12.1. The average Bonchev–Trinajstić information content (AvgIpc) is 3.18. The Labute approximate surface area is 108 Å². The van der Waals surface area contributed by atoms with Crippen LogP contribution < -0.4 is 5.32 Å².